The monoisotopic (exact) mass is 370 g/mol. The molecule has 3 fully saturated rings. The van der Waals surface area contributed by atoms with Crippen LogP contribution in [0.5, 0.6) is 0 Å². The third-order valence-electron chi connectivity index (χ3n) is 6.64. The van der Waals surface area contributed by atoms with Gasteiger partial charge in [-0.1, -0.05) is 6.42 Å². The van der Waals surface area contributed by atoms with Crippen molar-refractivity contribution in [2.45, 2.75) is 38.2 Å². The minimum absolute atomic E-state index is 0.0572. The van der Waals surface area contributed by atoms with Crippen LogP contribution < -0.4 is 10.6 Å². The van der Waals surface area contributed by atoms with E-state index in [1.54, 1.807) is 0 Å². The molecule has 2 aromatic rings. The van der Waals surface area contributed by atoms with Crippen LogP contribution in [-0.4, -0.2) is 59.7 Å². The molecule has 7 nitrogen and oxygen atoms in total. The van der Waals surface area contributed by atoms with Crippen molar-refractivity contribution in [3.63, 3.8) is 0 Å². The number of rotatable bonds is 4. The topological polar surface area (TPSA) is 81.4 Å². The first-order valence-electron chi connectivity index (χ1n) is 10.0. The maximum absolute atomic E-state index is 12.1. The molecular formula is C20H26N4O3. The van der Waals surface area contributed by atoms with Gasteiger partial charge in [-0.05, 0) is 37.5 Å². The summed E-state index contributed by atoms with van der Waals surface area (Å²) in [6, 6.07) is 6.07. The van der Waals surface area contributed by atoms with Crippen LogP contribution in [0.1, 0.15) is 32.1 Å². The van der Waals surface area contributed by atoms with Crippen LogP contribution in [0.4, 0.5) is 5.69 Å². The standard InChI is InChI=1S/C20H26N4O3/c25-18-20(5-1-6-20)13-15(27-18)4-7-23-8-10-24(11-9-23)14-2-3-16-17(12-14)22-19(26)21-16/h2-3,12,15H,1,4-11,13H2,(H2,21,22,26)/t15-/m1/s1. The number of fused-ring (bicyclic) bond motifs is 1. The molecule has 1 saturated carbocycles. The number of hydrogen-bond donors (Lipinski definition) is 2. The molecule has 1 aromatic heterocycles. The van der Waals surface area contributed by atoms with Gasteiger partial charge in [0, 0.05) is 44.8 Å². The Morgan fingerprint density at radius 3 is 2.56 bits per heavy atom. The fourth-order valence-corrected chi connectivity index (χ4v) is 4.78. The Kier molecular flexibility index (Phi) is 4.00. The Labute approximate surface area is 157 Å². The highest BCUT2D eigenvalue weighted by Crippen LogP contribution is 2.50. The second kappa shape index (κ2) is 6.41. The molecule has 1 atom stereocenters. The zero-order chi connectivity index (χ0) is 18.4. The molecule has 5 rings (SSSR count). The lowest BCUT2D eigenvalue weighted by Crippen LogP contribution is -2.47. The summed E-state index contributed by atoms with van der Waals surface area (Å²) in [4.78, 5) is 33.9. The number of H-pyrrole nitrogens is 2. The summed E-state index contributed by atoms with van der Waals surface area (Å²) in [7, 11) is 0. The minimum atomic E-state index is -0.164. The minimum Gasteiger partial charge on any atom is -0.462 e. The van der Waals surface area contributed by atoms with E-state index >= 15 is 0 Å². The number of ether oxygens (including phenoxy) is 1. The van der Waals surface area contributed by atoms with Crippen LogP contribution in [0, 0.1) is 5.41 Å². The molecule has 1 aromatic carbocycles. The number of nitrogens with zero attached hydrogens (tertiary/aromatic N) is 2. The van der Waals surface area contributed by atoms with Gasteiger partial charge in [-0.25, -0.2) is 4.79 Å². The summed E-state index contributed by atoms with van der Waals surface area (Å²) < 4.78 is 5.64. The first-order chi connectivity index (χ1) is 13.1. The number of aromatic nitrogens is 2. The van der Waals surface area contributed by atoms with Gasteiger partial charge in [0.15, 0.2) is 0 Å². The van der Waals surface area contributed by atoms with Gasteiger partial charge in [0.25, 0.3) is 0 Å². The Hall–Kier alpha value is -2.28. The van der Waals surface area contributed by atoms with E-state index in [4.69, 9.17) is 4.74 Å². The molecule has 1 spiro atoms. The largest absolute Gasteiger partial charge is 0.462 e. The highest BCUT2D eigenvalue weighted by molar-refractivity contribution is 5.80. The second-order valence-electron chi connectivity index (χ2n) is 8.29. The van der Waals surface area contributed by atoms with Gasteiger partial charge in [-0.15, -0.1) is 0 Å². The van der Waals surface area contributed by atoms with Crippen LogP contribution in [0.15, 0.2) is 23.0 Å². The molecule has 3 heterocycles. The lowest BCUT2D eigenvalue weighted by molar-refractivity contribution is -0.152. The summed E-state index contributed by atoms with van der Waals surface area (Å²) in [6.07, 6.45) is 5.22. The average Bonchev–Trinajstić information content (AvgIpc) is 3.18. The van der Waals surface area contributed by atoms with Crippen molar-refractivity contribution < 1.29 is 9.53 Å². The fourth-order valence-electron chi connectivity index (χ4n) is 4.78. The number of piperazine rings is 1. The number of imidazole rings is 1. The Morgan fingerprint density at radius 2 is 1.85 bits per heavy atom. The highest BCUT2D eigenvalue weighted by atomic mass is 16.6. The summed E-state index contributed by atoms with van der Waals surface area (Å²) in [5, 5.41) is 0. The average molecular weight is 370 g/mol. The number of cyclic esters (lactones) is 1. The molecule has 27 heavy (non-hydrogen) atoms. The van der Waals surface area contributed by atoms with Crippen LogP contribution in [0.2, 0.25) is 0 Å². The van der Waals surface area contributed by atoms with Crippen molar-refractivity contribution in [3.8, 4) is 0 Å². The lowest BCUT2D eigenvalue weighted by Gasteiger charge is -2.36. The summed E-state index contributed by atoms with van der Waals surface area (Å²) in [5.74, 6) is 0.0572. The van der Waals surface area contributed by atoms with E-state index in [0.29, 0.717) is 0 Å². The third-order valence-corrected chi connectivity index (χ3v) is 6.64. The number of benzene rings is 1. The smallest absolute Gasteiger partial charge is 0.323 e. The van der Waals surface area contributed by atoms with Crippen molar-refractivity contribution in [2.24, 2.45) is 5.41 Å². The fraction of sp³-hybridized carbons (Fsp3) is 0.600. The lowest BCUT2D eigenvalue weighted by atomic mass is 9.67. The van der Waals surface area contributed by atoms with Crippen LogP contribution >= 0.6 is 0 Å². The quantitative estimate of drug-likeness (QED) is 0.803. The molecule has 7 heteroatoms. The molecule has 0 bridgehead atoms. The van der Waals surface area contributed by atoms with E-state index in [1.807, 2.05) is 12.1 Å². The van der Waals surface area contributed by atoms with Crippen molar-refractivity contribution >= 4 is 22.7 Å². The third kappa shape index (κ3) is 3.04. The van der Waals surface area contributed by atoms with Crippen molar-refractivity contribution in [1.82, 2.24) is 14.9 Å². The van der Waals surface area contributed by atoms with Crippen molar-refractivity contribution in [2.75, 3.05) is 37.6 Å². The van der Waals surface area contributed by atoms with E-state index in [0.717, 1.165) is 75.1 Å². The normalized spacial score (nSPS) is 25.1. The molecule has 0 radical (unpaired) electrons. The van der Waals surface area contributed by atoms with Crippen LogP contribution in [0.25, 0.3) is 11.0 Å². The maximum Gasteiger partial charge on any atom is 0.323 e. The summed E-state index contributed by atoms with van der Waals surface area (Å²) in [6.45, 7) is 4.94. The number of nitrogens with one attached hydrogen (secondary N) is 2. The predicted molar refractivity (Wildman–Crippen MR) is 103 cm³/mol. The molecule has 0 amide bonds. The van der Waals surface area contributed by atoms with Crippen molar-refractivity contribution in [1.29, 1.82) is 0 Å². The number of esters is 1. The Bertz CT molecular complexity index is 905. The molecule has 0 unspecified atom stereocenters. The molecule has 144 valence electrons. The van der Waals surface area contributed by atoms with E-state index in [-0.39, 0.29) is 23.2 Å². The first kappa shape index (κ1) is 16.9. The highest BCUT2D eigenvalue weighted by Gasteiger charge is 2.52. The zero-order valence-electron chi connectivity index (χ0n) is 15.5. The first-order valence-corrected chi connectivity index (χ1v) is 10.0. The molecule has 2 saturated heterocycles. The Balaban J connectivity index is 1.13. The molecule has 2 N–H and O–H groups in total. The van der Waals surface area contributed by atoms with Crippen molar-refractivity contribution in [3.05, 3.63) is 28.7 Å². The maximum atomic E-state index is 12.1. The van der Waals surface area contributed by atoms with Gasteiger partial charge in [-0.2, -0.15) is 0 Å². The van der Waals surface area contributed by atoms with Gasteiger partial charge in [0.1, 0.15) is 6.10 Å². The molecule has 2 aliphatic heterocycles. The van der Waals surface area contributed by atoms with E-state index < -0.39 is 0 Å². The number of anilines is 1. The SMILES string of the molecule is O=C1O[C@H](CCN2CCN(c3ccc4[nH]c(=O)[nH]c4c3)CC2)CC12CCC2. The van der Waals surface area contributed by atoms with Gasteiger partial charge in [0.2, 0.25) is 0 Å². The van der Waals surface area contributed by atoms with E-state index in [2.05, 4.69) is 25.8 Å². The van der Waals surface area contributed by atoms with E-state index in [9.17, 15) is 9.59 Å². The number of carbonyl (C=O) groups excluding carboxylic acids is 1. The van der Waals surface area contributed by atoms with Gasteiger partial charge in [0.05, 0.1) is 16.4 Å². The van der Waals surface area contributed by atoms with Crippen LogP contribution in [0.3, 0.4) is 0 Å². The van der Waals surface area contributed by atoms with Gasteiger partial charge >= 0.3 is 11.7 Å². The van der Waals surface area contributed by atoms with Crippen LogP contribution in [-0.2, 0) is 9.53 Å². The predicted octanol–water partition coefficient (Wildman–Crippen LogP) is 1.85. The molecule has 3 aliphatic rings. The summed E-state index contributed by atoms with van der Waals surface area (Å²) >= 11 is 0. The number of carbonyl (C=O) groups is 1. The zero-order valence-corrected chi connectivity index (χ0v) is 15.5. The summed E-state index contributed by atoms with van der Waals surface area (Å²) in [5.41, 5.74) is 2.57. The number of aromatic amines is 2. The Morgan fingerprint density at radius 1 is 1.07 bits per heavy atom. The molecular weight excluding hydrogens is 344 g/mol. The molecule has 1 aliphatic carbocycles. The van der Waals surface area contributed by atoms with Gasteiger partial charge in [-0.3, -0.25) is 9.69 Å². The second-order valence-corrected chi connectivity index (χ2v) is 8.29. The van der Waals surface area contributed by atoms with E-state index in [1.165, 1.54) is 6.42 Å². The van der Waals surface area contributed by atoms with Gasteiger partial charge < -0.3 is 19.6 Å². The number of hydrogen-bond acceptors (Lipinski definition) is 5.